The predicted octanol–water partition coefficient (Wildman–Crippen LogP) is 3.54. The number of alkyl halides is 3. The van der Waals surface area contributed by atoms with Crippen molar-refractivity contribution in [1.82, 2.24) is 4.98 Å². The number of benzene rings is 1. The van der Waals surface area contributed by atoms with Gasteiger partial charge < -0.3 is 10.1 Å². The molecular weight excluding hydrogens is 266 g/mol. The van der Waals surface area contributed by atoms with Crippen LogP contribution in [0.2, 0.25) is 0 Å². The summed E-state index contributed by atoms with van der Waals surface area (Å²) >= 11 is 0. The number of carboxylic acid groups (broad SMARTS) is 1. The normalized spacial score (nSPS) is 11.6. The molecule has 0 saturated carbocycles. The van der Waals surface area contributed by atoms with E-state index >= 15 is 0 Å². The number of H-pyrrole nitrogens is 1. The zero-order chi connectivity index (χ0) is 14.2. The number of rotatable bonds is 2. The van der Waals surface area contributed by atoms with Gasteiger partial charge in [0.05, 0.1) is 5.56 Å². The third kappa shape index (κ3) is 2.59. The number of hydrogen-bond acceptors (Lipinski definition) is 1. The Bertz CT molecular complexity index is 631. The van der Waals surface area contributed by atoms with Gasteiger partial charge in [-0.2, -0.15) is 13.2 Å². The maximum Gasteiger partial charge on any atom is 0.416 e. The molecule has 1 aromatic heterocycles. The zero-order valence-corrected chi connectivity index (χ0v) is 9.25. The van der Waals surface area contributed by atoms with E-state index in [1.807, 2.05) is 0 Å². The van der Waals surface area contributed by atoms with Crippen molar-refractivity contribution in [3.05, 3.63) is 47.5 Å². The summed E-state index contributed by atoms with van der Waals surface area (Å²) in [6.45, 7) is 0. The summed E-state index contributed by atoms with van der Waals surface area (Å²) in [6, 6.07) is 3.19. The van der Waals surface area contributed by atoms with Crippen molar-refractivity contribution in [2.45, 2.75) is 6.18 Å². The summed E-state index contributed by atoms with van der Waals surface area (Å²) in [6.07, 6.45) is -3.44. The molecule has 2 rings (SSSR count). The van der Waals surface area contributed by atoms with Crippen molar-refractivity contribution < 1.29 is 27.5 Å². The van der Waals surface area contributed by atoms with E-state index in [-0.39, 0.29) is 16.8 Å². The van der Waals surface area contributed by atoms with Crippen LogP contribution < -0.4 is 0 Å². The first kappa shape index (κ1) is 13.1. The van der Waals surface area contributed by atoms with Crippen LogP contribution in [0, 0.1) is 5.82 Å². The average molecular weight is 273 g/mol. The minimum absolute atomic E-state index is 0.00231. The molecular formula is C12H7F4NO2. The highest BCUT2D eigenvalue weighted by atomic mass is 19.4. The van der Waals surface area contributed by atoms with Crippen LogP contribution in [-0.2, 0) is 6.18 Å². The van der Waals surface area contributed by atoms with Gasteiger partial charge in [-0.3, -0.25) is 0 Å². The number of aromatic carboxylic acids is 1. The molecule has 1 aromatic carbocycles. The molecule has 7 heteroatoms. The molecule has 0 saturated heterocycles. The van der Waals surface area contributed by atoms with Gasteiger partial charge in [0.15, 0.2) is 0 Å². The van der Waals surface area contributed by atoms with Crippen LogP contribution in [0.15, 0.2) is 30.5 Å². The fraction of sp³-hybridized carbons (Fsp3) is 0.0833. The van der Waals surface area contributed by atoms with Crippen molar-refractivity contribution >= 4 is 5.97 Å². The van der Waals surface area contributed by atoms with Crippen molar-refractivity contribution in [2.24, 2.45) is 0 Å². The Kier molecular flexibility index (Phi) is 3.05. The number of nitrogens with one attached hydrogen (secondary N) is 1. The Morgan fingerprint density at radius 2 is 1.89 bits per heavy atom. The molecule has 100 valence electrons. The van der Waals surface area contributed by atoms with Gasteiger partial charge in [-0.25, -0.2) is 9.18 Å². The molecule has 3 nitrogen and oxygen atoms in total. The number of hydrogen-bond donors (Lipinski definition) is 2. The average Bonchev–Trinajstić information content (AvgIpc) is 2.75. The SMILES string of the molecule is O=C(O)c1[nH]ccc1-c1cc(F)cc(C(F)(F)F)c1. The number of aromatic amines is 1. The first-order valence-corrected chi connectivity index (χ1v) is 5.08. The molecule has 0 bridgehead atoms. The van der Waals surface area contributed by atoms with E-state index in [1.165, 1.54) is 12.3 Å². The molecule has 0 aliphatic carbocycles. The second-order valence-corrected chi connectivity index (χ2v) is 3.80. The van der Waals surface area contributed by atoms with Crippen LogP contribution in [-0.4, -0.2) is 16.1 Å². The number of carboxylic acids is 1. The molecule has 0 aliphatic heterocycles. The minimum Gasteiger partial charge on any atom is -0.477 e. The third-order valence-electron chi connectivity index (χ3n) is 2.50. The minimum atomic E-state index is -4.70. The van der Waals surface area contributed by atoms with Crippen molar-refractivity contribution in [3.8, 4) is 11.1 Å². The molecule has 1 heterocycles. The summed E-state index contributed by atoms with van der Waals surface area (Å²) in [5.41, 5.74) is -1.61. The van der Waals surface area contributed by atoms with Crippen molar-refractivity contribution in [2.75, 3.05) is 0 Å². The first-order valence-electron chi connectivity index (χ1n) is 5.08. The summed E-state index contributed by atoms with van der Waals surface area (Å²) in [5, 5.41) is 8.87. The van der Waals surface area contributed by atoms with E-state index in [0.717, 1.165) is 6.07 Å². The van der Waals surface area contributed by atoms with Crippen molar-refractivity contribution in [3.63, 3.8) is 0 Å². The highest BCUT2D eigenvalue weighted by Gasteiger charge is 2.31. The van der Waals surface area contributed by atoms with Crippen LogP contribution in [0.5, 0.6) is 0 Å². The number of aromatic nitrogens is 1. The van der Waals surface area contributed by atoms with Gasteiger partial charge in [0, 0.05) is 11.8 Å². The van der Waals surface area contributed by atoms with Crippen molar-refractivity contribution in [1.29, 1.82) is 0 Å². The van der Waals surface area contributed by atoms with Crippen LogP contribution in [0.25, 0.3) is 11.1 Å². The van der Waals surface area contributed by atoms with E-state index in [2.05, 4.69) is 4.98 Å². The Balaban J connectivity index is 2.60. The molecule has 0 atom stereocenters. The van der Waals surface area contributed by atoms with Crippen LogP contribution >= 0.6 is 0 Å². The van der Waals surface area contributed by atoms with Gasteiger partial charge in [-0.05, 0) is 29.8 Å². The fourth-order valence-corrected chi connectivity index (χ4v) is 1.70. The van der Waals surface area contributed by atoms with Gasteiger partial charge in [-0.15, -0.1) is 0 Å². The van der Waals surface area contributed by atoms with Crippen LogP contribution in [0.3, 0.4) is 0 Å². The second-order valence-electron chi connectivity index (χ2n) is 3.80. The summed E-state index contributed by atoms with van der Waals surface area (Å²) in [5.74, 6) is -2.42. The highest BCUT2D eigenvalue weighted by Crippen LogP contribution is 2.33. The summed E-state index contributed by atoms with van der Waals surface area (Å²) in [7, 11) is 0. The Morgan fingerprint density at radius 1 is 1.21 bits per heavy atom. The molecule has 0 fully saturated rings. The van der Waals surface area contributed by atoms with Gasteiger partial charge in [0.2, 0.25) is 0 Å². The van der Waals surface area contributed by atoms with Crippen LogP contribution in [0.4, 0.5) is 17.6 Å². The van der Waals surface area contributed by atoms with Gasteiger partial charge in [0.1, 0.15) is 11.5 Å². The molecule has 0 unspecified atom stereocenters. The molecule has 2 aromatic rings. The quantitative estimate of drug-likeness (QED) is 0.822. The Hall–Kier alpha value is -2.31. The van der Waals surface area contributed by atoms with E-state index in [4.69, 9.17) is 5.11 Å². The maximum absolute atomic E-state index is 13.2. The standard InChI is InChI=1S/C12H7F4NO2/c13-8-4-6(3-7(5-8)12(14,15)16)9-1-2-17-10(9)11(18)19/h1-5,17H,(H,18,19). The Morgan fingerprint density at radius 3 is 2.47 bits per heavy atom. The van der Waals surface area contributed by atoms with Gasteiger partial charge in [-0.1, -0.05) is 0 Å². The van der Waals surface area contributed by atoms with E-state index in [0.29, 0.717) is 12.1 Å². The monoisotopic (exact) mass is 273 g/mol. The largest absolute Gasteiger partial charge is 0.477 e. The lowest BCUT2D eigenvalue weighted by atomic mass is 10.0. The molecule has 19 heavy (non-hydrogen) atoms. The van der Waals surface area contributed by atoms with Gasteiger partial charge >= 0.3 is 12.1 Å². The predicted molar refractivity (Wildman–Crippen MR) is 58.1 cm³/mol. The van der Waals surface area contributed by atoms with Crippen LogP contribution in [0.1, 0.15) is 16.1 Å². The number of carbonyl (C=O) groups is 1. The molecule has 0 amide bonds. The summed E-state index contributed by atoms with van der Waals surface area (Å²) in [4.78, 5) is 13.3. The second kappa shape index (κ2) is 4.42. The fourth-order valence-electron chi connectivity index (χ4n) is 1.70. The van der Waals surface area contributed by atoms with E-state index in [1.54, 1.807) is 0 Å². The summed E-state index contributed by atoms with van der Waals surface area (Å²) < 4.78 is 50.9. The molecule has 2 N–H and O–H groups in total. The highest BCUT2D eigenvalue weighted by molar-refractivity contribution is 5.94. The Labute approximate surface area is 104 Å². The first-order chi connectivity index (χ1) is 8.79. The topological polar surface area (TPSA) is 53.1 Å². The third-order valence-corrected chi connectivity index (χ3v) is 2.50. The molecule has 0 aliphatic rings. The van der Waals surface area contributed by atoms with E-state index in [9.17, 15) is 22.4 Å². The zero-order valence-electron chi connectivity index (χ0n) is 9.25. The lowest BCUT2D eigenvalue weighted by Crippen LogP contribution is -2.06. The smallest absolute Gasteiger partial charge is 0.416 e. The number of halogens is 4. The molecule has 0 radical (unpaired) electrons. The van der Waals surface area contributed by atoms with Gasteiger partial charge in [0.25, 0.3) is 0 Å². The van der Waals surface area contributed by atoms with E-state index < -0.39 is 23.5 Å². The lowest BCUT2D eigenvalue weighted by molar-refractivity contribution is -0.137. The molecule has 0 spiro atoms. The lowest BCUT2D eigenvalue weighted by Gasteiger charge is -2.09. The maximum atomic E-state index is 13.2.